The van der Waals surface area contributed by atoms with Crippen LogP contribution in [0.25, 0.3) is 11.3 Å². The van der Waals surface area contributed by atoms with Gasteiger partial charge in [-0.05, 0) is 45.4 Å². The van der Waals surface area contributed by atoms with Crippen LogP contribution in [0.1, 0.15) is 59.1 Å². The Morgan fingerprint density at radius 3 is 2.21 bits per heavy atom. The van der Waals surface area contributed by atoms with Crippen molar-refractivity contribution < 1.29 is 23.7 Å². The molecule has 0 radical (unpaired) electrons. The Labute approximate surface area is 207 Å². The minimum atomic E-state index is -0.573. The molecule has 1 aromatic carbocycles. The standard InChI is InChI=1S/C25H37N3O5S/c1-8-9-10-11-12-34-23-27-18(16-26-24(29)33-25(2,3)4)15-19(28-23)17-13-20(30-5)22(32-7)21(14-17)31-6/h13-15H,8-12,16H2,1-7H3,(H,26,29). The van der Waals surface area contributed by atoms with Gasteiger partial charge in [-0.1, -0.05) is 37.9 Å². The number of carbonyl (C=O) groups excluding carboxylic acids is 1. The lowest BCUT2D eigenvalue weighted by Gasteiger charge is -2.19. The molecular formula is C25H37N3O5S. The van der Waals surface area contributed by atoms with Crippen LogP contribution in [0.3, 0.4) is 0 Å². The fourth-order valence-electron chi connectivity index (χ4n) is 3.17. The van der Waals surface area contributed by atoms with Crippen LogP contribution >= 0.6 is 11.8 Å². The Balaban J connectivity index is 2.35. The lowest BCUT2D eigenvalue weighted by Crippen LogP contribution is -2.32. The Morgan fingerprint density at radius 1 is 0.971 bits per heavy atom. The number of aromatic nitrogens is 2. The van der Waals surface area contributed by atoms with Gasteiger partial charge in [-0.25, -0.2) is 14.8 Å². The third kappa shape index (κ3) is 8.59. The molecule has 0 aliphatic carbocycles. The Bertz CT molecular complexity index is 922. The summed E-state index contributed by atoms with van der Waals surface area (Å²) in [5, 5.41) is 3.43. The second-order valence-electron chi connectivity index (χ2n) is 8.71. The van der Waals surface area contributed by atoms with Gasteiger partial charge in [0, 0.05) is 11.3 Å². The molecule has 1 aromatic heterocycles. The largest absolute Gasteiger partial charge is 0.493 e. The number of nitrogens with one attached hydrogen (secondary N) is 1. The highest BCUT2D eigenvalue weighted by atomic mass is 32.2. The third-order valence-electron chi connectivity index (χ3n) is 4.76. The highest BCUT2D eigenvalue weighted by molar-refractivity contribution is 7.99. The van der Waals surface area contributed by atoms with Crippen molar-refractivity contribution in [3.8, 4) is 28.5 Å². The van der Waals surface area contributed by atoms with E-state index in [1.54, 1.807) is 33.1 Å². The normalized spacial score (nSPS) is 11.1. The number of rotatable bonds is 12. The molecule has 34 heavy (non-hydrogen) atoms. The summed E-state index contributed by atoms with van der Waals surface area (Å²) in [6, 6.07) is 5.55. The number of carbonyl (C=O) groups is 1. The molecule has 1 N–H and O–H groups in total. The van der Waals surface area contributed by atoms with Crippen LogP contribution in [0.5, 0.6) is 17.2 Å². The minimum absolute atomic E-state index is 0.220. The molecule has 0 aliphatic heterocycles. The second-order valence-corrected chi connectivity index (χ2v) is 9.77. The number of thioether (sulfide) groups is 1. The van der Waals surface area contributed by atoms with Crippen LogP contribution in [0, 0.1) is 0 Å². The van der Waals surface area contributed by atoms with Gasteiger partial charge in [-0.2, -0.15) is 0 Å². The molecule has 0 spiro atoms. The van der Waals surface area contributed by atoms with Gasteiger partial charge in [0.25, 0.3) is 0 Å². The highest BCUT2D eigenvalue weighted by Gasteiger charge is 2.18. The maximum Gasteiger partial charge on any atom is 0.407 e. The average Bonchev–Trinajstić information content (AvgIpc) is 2.80. The van der Waals surface area contributed by atoms with Gasteiger partial charge in [0.2, 0.25) is 5.75 Å². The van der Waals surface area contributed by atoms with E-state index in [2.05, 4.69) is 17.2 Å². The zero-order valence-electron chi connectivity index (χ0n) is 21.3. The predicted molar refractivity (Wildman–Crippen MR) is 135 cm³/mol. The van der Waals surface area contributed by atoms with Crippen molar-refractivity contribution >= 4 is 17.9 Å². The molecule has 2 rings (SSSR count). The first-order valence-corrected chi connectivity index (χ1v) is 12.5. The van der Waals surface area contributed by atoms with E-state index < -0.39 is 11.7 Å². The number of hydrogen-bond donors (Lipinski definition) is 1. The van der Waals surface area contributed by atoms with Crippen molar-refractivity contribution in [2.45, 2.75) is 70.7 Å². The molecule has 0 saturated carbocycles. The van der Waals surface area contributed by atoms with Crippen molar-refractivity contribution in [3.63, 3.8) is 0 Å². The van der Waals surface area contributed by atoms with E-state index >= 15 is 0 Å². The van der Waals surface area contributed by atoms with Crippen LogP contribution in [0.4, 0.5) is 4.79 Å². The number of unbranched alkanes of at least 4 members (excludes halogenated alkanes) is 3. The van der Waals surface area contributed by atoms with Gasteiger partial charge in [-0.15, -0.1) is 0 Å². The van der Waals surface area contributed by atoms with Gasteiger partial charge in [0.1, 0.15) is 5.60 Å². The average molecular weight is 492 g/mol. The molecule has 188 valence electrons. The summed E-state index contributed by atoms with van der Waals surface area (Å²) in [5.41, 5.74) is 1.60. The third-order valence-corrected chi connectivity index (χ3v) is 5.69. The van der Waals surface area contributed by atoms with Crippen LogP contribution in [0.15, 0.2) is 23.4 Å². The fourth-order valence-corrected chi connectivity index (χ4v) is 4.05. The van der Waals surface area contributed by atoms with E-state index in [9.17, 15) is 4.79 Å². The number of alkyl carbamates (subject to hydrolysis) is 1. The summed E-state index contributed by atoms with van der Waals surface area (Å²) in [7, 11) is 4.72. The molecule has 8 nitrogen and oxygen atoms in total. The van der Waals surface area contributed by atoms with Crippen molar-refractivity contribution in [2.75, 3.05) is 27.1 Å². The van der Waals surface area contributed by atoms with E-state index in [-0.39, 0.29) is 6.54 Å². The van der Waals surface area contributed by atoms with Crippen molar-refractivity contribution in [2.24, 2.45) is 0 Å². The minimum Gasteiger partial charge on any atom is -0.493 e. The number of ether oxygens (including phenoxy) is 4. The Kier molecular flexibility index (Phi) is 10.8. The molecule has 0 atom stereocenters. The molecule has 9 heteroatoms. The lowest BCUT2D eigenvalue weighted by atomic mass is 10.1. The first kappa shape index (κ1) is 27.6. The molecule has 0 unspecified atom stereocenters. The quantitative estimate of drug-likeness (QED) is 0.224. The summed E-state index contributed by atoms with van der Waals surface area (Å²) in [6.45, 7) is 7.90. The predicted octanol–water partition coefficient (Wildman–Crippen LogP) is 5.87. The van der Waals surface area contributed by atoms with Crippen molar-refractivity contribution in [1.82, 2.24) is 15.3 Å². The monoisotopic (exact) mass is 491 g/mol. The summed E-state index contributed by atoms with van der Waals surface area (Å²) < 4.78 is 21.8. The highest BCUT2D eigenvalue weighted by Crippen LogP contribution is 2.41. The smallest absolute Gasteiger partial charge is 0.407 e. The lowest BCUT2D eigenvalue weighted by molar-refractivity contribution is 0.0522. The van der Waals surface area contributed by atoms with Crippen molar-refractivity contribution in [1.29, 1.82) is 0 Å². The number of benzene rings is 1. The van der Waals surface area contributed by atoms with Crippen molar-refractivity contribution in [3.05, 3.63) is 23.9 Å². The summed E-state index contributed by atoms with van der Waals surface area (Å²) in [5.74, 6) is 2.52. The number of hydrogen-bond acceptors (Lipinski definition) is 8. The molecule has 0 fully saturated rings. The number of nitrogens with zero attached hydrogens (tertiary/aromatic N) is 2. The van der Waals surface area contributed by atoms with Gasteiger partial charge in [0.05, 0.1) is 39.3 Å². The van der Waals surface area contributed by atoms with Gasteiger partial charge >= 0.3 is 6.09 Å². The molecule has 0 aliphatic rings. The first-order valence-electron chi connectivity index (χ1n) is 11.5. The summed E-state index contributed by atoms with van der Waals surface area (Å²) in [6.07, 6.45) is 4.20. The van der Waals surface area contributed by atoms with E-state index in [0.29, 0.717) is 33.8 Å². The van der Waals surface area contributed by atoms with Crippen LogP contribution < -0.4 is 19.5 Å². The summed E-state index contributed by atoms with van der Waals surface area (Å²) in [4.78, 5) is 21.6. The maximum absolute atomic E-state index is 12.2. The van der Waals surface area contributed by atoms with Crippen LogP contribution in [0.2, 0.25) is 0 Å². The Hall–Kier alpha value is -2.68. The van der Waals surface area contributed by atoms with Gasteiger partial charge < -0.3 is 24.3 Å². The van der Waals surface area contributed by atoms with Gasteiger partial charge in [0.15, 0.2) is 16.7 Å². The topological polar surface area (TPSA) is 91.8 Å². The van der Waals surface area contributed by atoms with Crippen LogP contribution in [-0.2, 0) is 11.3 Å². The molecular weight excluding hydrogens is 454 g/mol. The number of amides is 1. The SMILES string of the molecule is CCCCCCSc1nc(CNC(=O)OC(C)(C)C)cc(-c2cc(OC)c(OC)c(OC)c2)n1. The molecule has 1 amide bonds. The molecule has 1 heterocycles. The molecule has 0 saturated heterocycles. The molecule has 2 aromatic rings. The fraction of sp³-hybridized carbons (Fsp3) is 0.560. The van der Waals surface area contributed by atoms with E-state index in [0.717, 1.165) is 17.7 Å². The van der Waals surface area contributed by atoms with Crippen LogP contribution in [-0.4, -0.2) is 48.7 Å². The summed E-state index contributed by atoms with van der Waals surface area (Å²) >= 11 is 1.61. The maximum atomic E-state index is 12.2. The number of methoxy groups -OCH3 is 3. The van der Waals surface area contributed by atoms with E-state index in [1.807, 2.05) is 39.0 Å². The van der Waals surface area contributed by atoms with E-state index in [1.165, 1.54) is 19.3 Å². The Morgan fingerprint density at radius 2 is 1.65 bits per heavy atom. The van der Waals surface area contributed by atoms with Gasteiger partial charge in [-0.3, -0.25) is 0 Å². The first-order chi connectivity index (χ1) is 16.2. The van der Waals surface area contributed by atoms with E-state index in [4.69, 9.17) is 23.9 Å². The second kappa shape index (κ2) is 13.3. The molecule has 0 bridgehead atoms. The zero-order chi connectivity index (χ0) is 25.1. The zero-order valence-corrected chi connectivity index (χ0v) is 22.1.